The van der Waals surface area contributed by atoms with Gasteiger partial charge in [-0.2, -0.15) is 0 Å². The second kappa shape index (κ2) is 6.59. The lowest BCUT2D eigenvalue weighted by molar-refractivity contribution is 0.306. The number of rotatable bonds is 4. The molecule has 104 valence electrons. The van der Waals surface area contributed by atoms with Crippen molar-refractivity contribution in [2.75, 3.05) is 11.5 Å². The topological polar surface area (TPSA) is 9.23 Å². The maximum Gasteiger partial charge on any atom is 0.120 e. The minimum Gasteiger partial charge on any atom is -0.489 e. The molecule has 20 heavy (non-hydrogen) atoms. The van der Waals surface area contributed by atoms with Crippen LogP contribution in [-0.4, -0.2) is 11.5 Å². The van der Waals surface area contributed by atoms with Crippen molar-refractivity contribution < 1.29 is 4.74 Å². The lowest BCUT2D eigenvalue weighted by Gasteiger charge is -2.11. The zero-order valence-corrected chi connectivity index (χ0v) is 13.2. The van der Waals surface area contributed by atoms with Gasteiger partial charge in [-0.1, -0.05) is 42.0 Å². The van der Waals surface area contributed by atoms with Crippen molar-refractivity contribution in [3.05, 3.63) is 65.2 Å². The average Bonchev–Trinajstić information content (AvgIpc) is 3.01. The molecule has 3 heteroatoms. The van der Waals surface area contributed by atoms with E-state index in [9.17, 15) is 0 Å². The molecular weight excluding hydrogens is 284 g/mol. The highest BCUT2D eigenvalue weighted by Crippen LogP contribution is 2.45. The van der Waals surface area contributed by atoms with Gasteiger partial charge in [0.05, 0.1) is 4.58 Å². The van der Waals surface area contributed by atoms with Gasteiger partial charge < -0.3 is 4.74 Å². The molecule has 0 unspecified atom stereocenters. The maximum absolute atomic E-state index is 5.91. The van der Waals surface area contributed by atoms with Gasteiger partial charge >= 0.3 is 0 Å². The first-order chi connectivity index (χ1) is 9.81. The van der Waals surface area contributed by atoms with Crippen LogP contribution < -0.4 is 4.74 Å². The molecule has 1 heterocycles. The van der Waals surface area contributed by atoms with Gasteiger partial charge in [0.15, 0.2) is 0 Å². The summed E-state index contributed by atoms with van der Waals surface area (Å²) < 4.78 is 6.50. The molecule has 3 rings (SSSR count). The quantitative estimate of drug-likeness (QED) is 0.782. The Morgan fingerprint density at radius 2 is 1.80 bits per heavy atom. The molecule has 0 radical (unpaired) electrons. The molecule has 0 bridgehead atoms. The smallest absolute Gasteiger partial charge is 0.120 e. The van der Waals surface area contributed by atoms with Crippen LogP contribution in [-0.2, 0) is 6.61 Å². The van der Waals surface area contributed by atoms with E-state index in [2.05, 4.69) is 49.4 Å². The third-order valence-electron chi connectivity index (χ3n) is 3.28. The summed E-state index contributed by atoms with van der Waals surface area (Å²) in [6.45, 7) is 2.74. The van der Waals surface area contributed by atoms with E-state index in [-0.39, 0.29) is 0 Å². The van der Waals surface area contributed by atoms with Crippen LogP contribution in [0.3, 0.4) is 0 Å². The molecule has 1 aliphatic heterocycles. The van der Waals surface area contributed by atoms with Crippen LogP contribution in [0.4, 0.5) is 0 Å². The van der Waals surface area contributed by atoms with Gasteiger partial charge in [-0.05, 0) is 30.2 Å². The van der Waals surface area contributed by atoms with Gasteiger partial charge in [-0.3, -0.25) is 0 Å². The number of ether oxygens (including phenoxy) is 1. The van der Waals surface area contributed by atoms with E-state index in [4.69, 9.17) is 4.74 Å². The summed E-state index contributed by atoms with van der Waals surface area (Å²) in [5, 5.41) is 0. The molecule has 0 atom stereocenters. The van der Waals surface area contributed by atoms with E-state index in [1.54, 1.807) is 0 Å². The molecule has 0 N–H and O–H groups in total. The fourth-order valence-electron chi connectivity index (χ4n) is 2.15. The number of benzene rings is 2. The van der Waals surface area contributed by atoms with Gasteiger partial charge in [0, 0.05) is 11.5 Å². The number of hydrogen-bond acceptors (Lipinski definition) is 3. The van der Waals surface area contributed by atoms with Crippen LogP contribution in [0.2, 0.25) is 0 Å². The molecule has 1 nitrogen and oxygen atoms in total. The lowest BCUT2D eigenvalue weighted by Crippen LogP contribution is -1.96. The minimum atomic E-state index is 0.581. The normalized spacial score (nSPS) is 15.4. The standard InChI is InChI=1S/C17H18OS2/c1-13-5-7-14(8-6-13)12-18-16-4-2-3-15(11-16)17-19-9-10-20-17/h2-8,11,17H,9-10,12H2,1H3. The van der Waals surface area contributed by atoms with Gasteiger partial charge in [0.2, 0.25) is 0 Å². The van der Waals surface area contributed by atoms with E-state index >= 15 is 0 Å². The molecule has 0 aromatic heterocycles. The van der Waals surface area contributed by atoms with Crippen LogP contribution in [0.5, 0.6) is 5.75 Å². The maximum atomic E-state index is 5.91. The third kappa shape index (κ3) is 3.53. The van der Waals surface area contributed by atoms with Gasteiger partial charge in [-0.25, -0.2) is 0 Å². The molecule has 2 aromatic carbocycles. The van der Waals surface area contributed by atoms with Crippen molar-refractivity contribution in [3.63, 3.8) is 0 Å². The Morgan fingerprint density at radius 3 is 2.55 bits per heavy atom. The van der Waals surface area contributed by atoms with Crippen LogP contribution in [0.1, 0.15) is 21.3 Å². The summed E-state index contributed by atoms with van der Waals surface area (Å²) in [6.07, 6.45) is 0. The third-order valence-corrected chi connectivity index (χ3v) is 6.38. The number of hydrogen-bond donors (Lipinski definition) is 0. The number of aryl methyl sites for hydroxylation is 1. The first-order valence-corrected chi connectivity index (χ1v) is 8.92. The summed E-state index contributed by atoms with van der Waals surface area (Å²) in [6, 6.07) is 17.0. The Bertz CT molecular complexity index is 559. The Kier molecular flexibility index (Phi) is 4.58. The zero-order chi connectivity index (χ0) is 13.8. The van der Waals surface area contributed by atoms with E-state index in [0.717, 1.165) is 5.75 Å². The summed E-state index contributed by atoms with van der Waals surface area (Å²) >= 11 is 4.06. The summed E-state index contributed by atoms with van der Waals surface area (Å²) in [5.41, 5.74) is 3.87. The molecule has 1 fully saturated rings. The van der Waals surface area contributed by atoms with E-state index in [0.29, 0.717) is 11.2 Å². The highest BCUT2D eigenvalue weighted by atomic mass is 32.2. The first kappa shape index (κ1) is 13.9. The second-order valence-electron chi connectivity index (χ2n) is 4.92. The average molecular weight is 302 g/mol. The zero-order valence-electron chi connectivity index (χ0n) is 11.5. The van der Waals surface area contributed by atoms with Gasteiger partial charge in [0.1, 0.15) is 12.4 Å². The SMILES string of the molecule is Cc1ccc(COc2cccc(C3SCCS3)c2)cc1. The lowest BCUT2D eigenvalue weighted by atomic mass is 10.2. The van der Waals surface area contributed by atoms with E-state index in [1.807, 2.05) is 29.6 Å². The van der Waals surface area contributed by atoms with Gasteiger partial charge in [0.25, 0.3) is 0 Å². The van der Waals surface area contributed by atoms with Crippen molar-refractivity contribution in [3.8, 4) is 5.75 Å². The molecule has 1 aliphatic rings. The second-order valence-corrected chi connectivity index (χ2v) is 7.64. The summed E-state index contributed by atoms with van der Waals surface area (Å²) in [7, 11) is 0. The van der Waals surface area contributed by atoms with Crippen LogP contribution >= 0.6 is 23.5 Å². The number of thioether (sulfide) groups is 2. The molecule has 0 spiro atoms. The molecular formula is C17H18OS2. The first-order valence-electron chi connectivity index (χ1n) is 6.83. The fourth-order valence-corrected chi connectivity index (χ4v) is 4.99. The van der Waals surface area contributed by atoms with E-state index in [1.165, 1.54) is 28.2 Å². The van der Waals surface area contributed by atoms with Crippen LogP contribution in [0.15, 0.2) is 48.5 Å². The molecule has 0 saturated carbocycles. The van der Waals surface area contributed by atoms with Crippen LogP contribution in [0, 0.1) is 6.92 Å². The molecule has 2 aromatic rings. The predicted molar refractivity (Wildman–Crippen MR) is 89.6 cm³/mol. The van der Waals surface area contributed by atoms with Crippen molar-refractivity contribution in [1.29, 1.82) is 0 Å². The summed E-state index contributed by atoms with van der Waals surface area (Å²) in [5.74, 6) is 3.48. The van der Waals surface area contributed by atoms with Crippen molar-refractivity contribution in [1.82, 2.24) is 0 Å². The summed E-state index contributed by atoms with van der Waals surface area (Å²) in [4.78, 5) is 0. The fraction of sp³-hybridized carbons (Fsp3) is 0.294. The van der Waals surface area contributed by atoms with Crippen molar-refractivity contribution in [2.24, 2.45) is 0 Å². The molecule has 0 amide bonds. The Morgan fingerprint density at radius 1 is 1.05 bits per heavy atom. The largest absolute Gasteiger partial charge is 0.489 e. The van der Waals surface area contributed by atoms with Crippen molar-refractivity contribution >= 4 is 23.5 Å². The Labute approximate surface area is 129 Å². The monoisotopic (exact) mass is 302 g/mol. The molecule has 1 saturated heterocycles. The minimum absolute atomic E-state index is 0.581. The van der Waals surface area contributed by atoms with Gasteiger partial charge in [-0.15, -0.1) is 23.5 Å². The Balaban J connectivity index is 1.65. The van der Waals surface area contributed by atoms with E-state index < -0.39 is 0 Å². The molecule has 0 aliphatic carbocycles. The highest BCUT2D eigenvalue weighted by Gasteiger charge is 2.18. The van der Waals surface area contributed by atoms with Crippen LogP contribution in [0.25, 0.3) is 0 Å². The predicted octanol–water partition coefficient (Wildman–Crippen LogP) is 5.05. The Hall–Kier alpha value is -1.06. The van der Waals surface area contributed by atoms with Crippen molar-refractivity contribution in [2.45, 2.75) is 18.1 Å². The highest BCUT2D eigenvalue weighted by molar-refractivity contribution is 8.19.